The van der Waals surface area contributed by atoms with Crippen LogP contribution in [-0.2, 0) is 20.8 Å². The van der Waals surface area contributed by atoms with E-state index in [-0.39, 0.29) is 29.6 Å². The van der Waals surface area contributed by atoms with Crippen molar-refractivity contribution in [1.82, 2.24) is 20.5 Å². The molecular weight excluding hydrogens is 495 g/mol. The number of hydrogen-bond donors (Lipinski definition) is 3. The molecule has 188 valence electrons. The van der Waals surface area contributed by atoms with Crippen LogP contribution in [0.25, 0.3) is 10.4 Å². The van der Waals surface area contributed by atoms with E-state index in [0.717, 1.165) is 23.5 Å². The number of anilines is 1. The summed E-state index contributed by atoms with van der Waals surface area (Å²) in [6.45, 7) is 2.82. The topological polar surface area (TPSA) is 120 Å². The molecule has 1 heterocycles. The number of hydrogen-bond acceptors (Lipinski definition) is 7. The molecule has 0 atom stereocenters. The largest absolute Gasteiger partial charge is 0.417 e. The fraction of sp³-hybridized carbons (Fsp3) is 0.450. The fourth-order valence-electron chi connectivity index (χ4n) is 2.87. The van der Waals surface area contributed by atoms with E-state index in [1.54, 1.807) is 6.92 Å². The lowest BCUT2D eigenvalue weighted by atomic mass is 10.1. The highest BCUT2D eigenvalue weighted by molar-refractivity contribution is 7.90. The minimum Gasteiger partial charge on any atom is -0.355 e. The van der Waals surface area contributed by atoms with Gasteiger partial charge in [0.2, 0.25) is 5.91 Å². The van der Waals surface area contributed by atoms with E-state index in [2.05, 4.69) is 20.9 Å². The first-order valence-corrected chi connectivity index (χ1v) is 12.7. The Labute approximate surface area is 199 Å². The molecule has 1 aromatic carbocycles. The van der Waals surface area contributed by atoms with Crippen LogP contribution in [0.5, 0.6) is 0 Å². The van der Waals surface area contributed by atoms with Crippen molar-refractivity contribution < 1.29 is 31.2 Å². The molecule has 2 rings (SSSR count). The smallest absolute Gasteiger partial charge is 0.355 e. The van der Waals surface area contributed by atoms with Crippen LogP contribution < -0.4 is 16.0 Å². The van der Waals surface area contributed by atoms with E-state index in [1.165, 1.54) is 6.07 Å². The van der Waals surface area contributed by atoms with Crippen molar-refractivity contribution in [3.05, 3.63) is 29.5 Å². The van der Waals surface area contributed by atoms with Crippen LogP contribution in [0.2, 0.25) is 0 Å². The molecule has 0 unspecified atom stereocenters. The third-order valence-corrected chi connectivity index (χ3v) is 6.76. The quantitative estimate of drug-likeness (QED) is 0.467. The molecule has 9 nitrogen and oxygen atoms in total. The molecule has 0 radical (unpaired) electrons. The maximum atomic E-state index is 13.5. The average molecular weight is 522 g/mol. The highest BCUT2D eigenvalue weighted by Crippen LogP contribution is 2.39. The van der Waals surface area contributed by atoms with Gasteiger partial charge in [0, 0.05) is 32.3 Å². The van der Waals surface area contributed by atoms with Crippen LogP contribution in [0, 0.1) is 6.92 Å². The van der Waals surface area contributed by atoms with Crippen molar-refractivity contribution in [3.8, 4) is 10.4 Å². The van der Waals surface area contributed by atoms with Gasteiger partial charge in [-0.1, -0.05) is 17.4 Å². The third kappa shape index (κ3) is 7.95. The third-order valence-electron chi connectivity index (χ3n) is 4.48. The lowest BCUT2D eigenvalue weighted by Gasteiger charge is -2.13. The normalized spacial score (nSPS) is 12.0. The zero-order valence-corrected chi connectivity index (χ0v) is 20.7. The van der Waals surface area contributed by atoms with Crippen molar-refractivity contribution >= 4 is 38.2 Å². The Kier molecular flexibility index (Phi) is 9.02. The zero-order chi connectivity index (χ0) is 25.7. The Morgan fingerprint density at radius 1 is 1.15 bits per heavy atom. The number of aryl methyl sites for hydroxylation is 1. The molecule has 14 heteroatoms. The molecule has 2 aromatic rings. The van der Waals surface area contributed by atoms with E-state index in [4.69, 9.17) is 0 Å². The highest BCUT2D eigenvalue weighted by Gasteiger charge is 2.36. The second kappa shape index (κ2) is 11.1. The summed E-state index contributed by atoms with van der Waals surface area (Å²) in [5.41, 5.74) is -0.783. The molecule has 0 fully saturated rings. The van der Waals surface area contributed by atoms with Crippen LogP contribution in [0.1, 0.15) is 17.7 Å². The summed E-state index contributed by atoms with van der Waals surface area (Å²) in [6, 6.07) is 2.32. The van der Waals surface area contributed by atoms with E-state index in [9.17, 15) is 31.2 Å². The predicted octanol–water partition coefficient (Wildman–Crippen LogP) is 2.73. The number of halogens is 3. The van der Waals surface area contributed by atoms with Gasteiger partial charge in [-0.3, -0.25) is 10.1 Å². The fourth-order valence-corrected chi connectivity index (χ4v) is 4.72. The van der Waals surface area contributed by atoms with Gasteiger partial charge in [-0.05, 0) is 38.7 Å². The van der Waals surface area contributed by atoms with Gasteiger partial charge in [-0.2, -0.15) is 13.2 Å². The number of carbonyl (C=O) groups is 2. The Balaban J connectivity index is 2.06. The number of likely N-dealkylation sites (N-methyl/N-ethyl adjacent to an activating group) is 1. The number of alkyl halides is 3. The SMILES string of the molecule is Cc1nc(NC(=O)NCCC(=O)NCCN(C)C)sc1-c1ccc(S(C)(=O)=O)c(C(F)(F)F)c1. The Morgan fingerprint density at radius 2 is 1.82 bits per heavy atom. The van der Waals surface area contributed by atoms with Crippen molar-refractivity contribution in [2.75, 3.05) is 45.3 Å². The first-order chi connectivity index (χ1) is 15.7. The molecule has 1 aromatic heterocycles. The number of urea groups is 1. The van der Waals surface area contributed by atoms with Crippen LogP contribution >= 0.6 is 11.3 Å². The van der Waals surface area contributed by atoms with Gasteiger partial charge >= 0.3 is 12.2 Å². The second-order valence-electron chi connectivity index (χ2n) is 7.70. The summed E-state index contributed by atoms with van der Waals surface area (Å²) >= 11 is 0.943. The minimum absolute atomic E-state index is 0.0793. The van der Waals surface area contributed by atoms with Crippen LogP contribution in [0.4, 0.5) is 23.1 Å². The summed E-state index contributed by atoms with van der Waals surface area (Å²) in [7, 11) is -0.331. The highest BCUT2D eigenvalue weighted by atomic mass is 32.2. The number of thiazole rings is 1. The summed E-state index contributed by atoms with van der Waals surface area (Å²) in [5, 5.41) is 7.85. The number of amides is 3. The Hall–Kier alpha value is -2.71. The number of nitrogens with one attached hydrogen (secondary N) is 3. The molecule has 0 aliphatic rings. The van der Waals surface area contributed by atoms with E-state index in [1.807, 2.05) is 19.0 Å². The van der Waals surface area contributed by atoms with Gasteiger partial charge in [0.15, 0.2) is 15.0 Å². The monoisotopic (exact) mass is 521 g/mol. The summed E-state index contributed by atoms with van der Waals surface area (Å²) in [4.78, 5) is 29.4. The molecule has 0 aliphatic carbocycles. The van der Waals surface area contributed by atoms with Gasteiger partial charge in [0.1, 0.15) is 0 Å². The average Bonchev–Trinajstić information content (AvgIpc) is 3.05. The van der Waals surface area contributed by atoms with Crippen molar-refractivity contribution in [1.29, 1.82) is 0 Å². The maximum Gasteiger partial charge on any atom is 0.417 e. The molecule has 0 saturated heterocycles. The van der Waals surface area contributed by atoms with Crippen LogP contribution in [0.15, 0.2) is 23.1 Å². The Bertz CT molecular complexity index is 1150. The standard InChI is InChI=1S/C20H26F3N5O4S2/c1-12-17(13-5-6-15(34(4,31)32)14(11-13)20(21,22)23)33-19(26-12)27-18(30)25-8-7-16(29)24-9-10-28(2)3/h5-6,11H,7-10H2,1-4H3,(H,24,29)(H2,25,26,27,30). The van der Waals surface area contributed by atoms with Crippen LogP contribution in [0.3, 0.4) is 0 Å². The van der Waals surface area contributed by atoms with E-state index in [0.29, 0.717) is 29.9 Å². The van der Waals surface area contributed by atoms with E-state index >= 15 is 0 Å². The lowest BCUT2D eigenvalue weighted by molar-refractivity contribution is -0.139. The first-order valence-electron chi connectivity index (χ1n) is 10.0. The summed E-state index contributed by atoms with van der Waals surface area (Å²) < 4.78 is 63.9. The van der Waals surface area contributed by atoms with Gasteiger partial charge in [-0.25, -0.2) is 18.2 Å². The number of carbonyl (C=O) groups excluding carboxylic acids is 2. The number of nitrogens with zero attached hydrogens (tertiary/aromatic N) is 2. The minimum atomic E-state index is -4.87. The molecular formula is C20H26F3N5O4S2. The summed E-state index contributed by atoms with van der Waals surface area (Å²) in [5.74, 6) is -0.215. The van der Waals surface area contributed by atoms with Gasteiger partial charge < -0.3 is 15.5 Å². The number of sulfone groups is 1. The molecule has 3 N–H and O–H groups in total. The molecule has 3 amide bonds. The summed E-state index contributed by atoms with van der Waals surface area (Å²) in [6.07, 6.45) is -4.08. The van der Waals surface area contributed by atoms with Crippen molar-refractivity contribution in [2.45, 2.75) is 24.4 Å². The number of aromatic nitrogens is 1. The van der Waals surface area contributed by atoms with Gasteiger partial charge in [0.05, 0.1) is 21.0 Å². The second-order valence-corrected chi connectivity index (χ2v) is 10.7. The maximum absolute atomic E-state index is 13.5. The van der Waals surface area contributed by atoms with Gasteiger partial charge in [-0.15, -0.1) is 0 Å². The molecule has 34 heavy (non-hydrogen) atoms. The zero-order valence-electron chi connectivity index (χ0n) is 19.0. The molecule has 0 aliphatic heterocycles. The van der Waals surface area contributed by atoms with Gasteiger partial charge in [0.25, 0.3) is 0 Å². The molecule has 0 saturated carbocycles. The van der Waals surface area contributed by atoms with Crippen molar-refractivity contribution in [2.24, 2.45) is 0 Å². The molecule has 0 bridgehead atoms. The number of rotatable bonds is 9. The number of benzene rings is 1. The van der Waals surface area contributed by atoms with Crippen molar-refractivity contribution in [3.63, 3.8) is 0 Å². The lowest BCUT2D eigenvalue weighted by Crippen LogP contribution is -2.35. The molecule has 0 spiro atoms. The first kappa shape index (κ1) is 27.5. The predicted molar refractivity (Wildman–Crippen MR) is 124 cm³/mol. The Morgan fingerprint density at radius 3 is 2.41 bits per heavy atom. The van der Waals surface area contributed by atoms with E-state index < -0.39 is 32.5 Å². The van der Waals surface area contributed by atoms with Crippen LogP contribution in [-0.4, -0.2) is 70.2 Å².